The summed E-state index contributed by atoms with van der Waals surface area (Å²) < 4.78 is 1.87. The SMILES string of the molecule is CCn1ncc2c(NC(C)C3CCCCC3)c(C(=O)N(Cc3ccccn3)Cc3ccccn3)cnc21. The van der Waals surface area contributed by atoms with Crippen molar-refractivity contribution in [2.24, 2.45) is 5.92 Å². The van der Waals surface area contributed by atoms with Gasteiger partial charge in [0.05, 0.1) is 47.3 Å². The van der Waals surface area contributed by atoms with Gasteiger partial charge in [-0.15, -0.1) is 0 Å². The van der Waals surface area contributed by atoms with Gasteiger partial charge in [-0.05, 0) is 56.9 Å². The van der Waals surface area contributed by atoms with Crippen molar-refractivity contribution < 1.29 is 4.79 Å². The summed E-state index contributed by atoms with van der Waals surface area (Å²) in [6.07, 6.45) is 13.3. The van der Waals surface area contributed by atoms with Crippen LogP contribution >= 0.6 is 0 Å². The zero-order chi connectivity index (χ0) is 25.6. The third kappa shape index (κ3) is 5.63. The minimum atomic E-state index is -0.103. The van der Waals surface area contributed by atoms with Gasteiger partial charge in [-0.2, -0.15) is 5.10 Å². The number of carbonyl (C=O) groups excluding carboxylic acids is 1. The molecule has 1 atom stereocenters. The molecule has 1 aliphatic rings. The summed E-state index contributed by atoms with van der Waals surface area (Å²) in [7, 11) is 0. The number of pyridine rings is 3. The van der Waals surface area contributed by atoms with E-state index in [1.165, 1.54) is 32.1 Å². The van der Waals surface area contributed by atoms with E-state index in [4.69, 9.17) is 4.98 Å². The first kappa shape index (κ1) is 24.9. The van der Waals surface area contributed by atoms with Crippen molar-refractivity contribution in [2.75, 3.05) is 5.32 Å². The summed E-state index contributed by atoms with van der Waals surface area (Å²) in [5, 5.41) is 9.18. The molecule has 1 N–H and O–H groups in total. The topological polar surface area (TPSA) is 88.8 Å². The Morgan fingerprint density at radius 2 is 1.68 bits per heavy atom. The van der Waals surface area contributed by atoms with Gasteiger partial charge in [0.1, 0.15) is 0 Å². The molecule has 0 spiro atoms. The molecule has 192 valence electrons. The Hall–Kier alpha value is -3.81. The molecule has 0 saturated heterocycles. The quantitative estimate of drug-likeness (QED) is 0.330. The van der Waals surface area contributed by atoms with Crippen molar-refractivity contribution in [3.8, 4) is 0 Å². The Labute approximate surface area is 218 Å². The molecule has 4 aromatic rings. The van der Waals surface area contributed by atoms with E-state index < -0.39 is 0 Å². The highest BCUT2D eigenvalue weighted by atomic mass is 16.2. The molecule has 1 aliphatic carbocycles. The first-order chi connectivity index (χ1) is 18.1. The standard InChI is InChI=1S/C29H35N7O/c1-3-36-28-25(18-33-36)27(34-21(2)22-11-5-4-6-12-22)26(17-32-28)29(37)35(19-23-13-7-9-15-30-23)20-24-14-8-10-16-31-24/h7-10,13-18,21-22H,3-6,11-12,19-20H2,1-2H3,(H,32,34). The van der Waals surface area contributed by atoms with E-state index in [1.54, 1.807) is 23.5 Å². The van der Waals surface area contributed by atoms with Crippen molar-refractivity contribution in [1.82, 2.24) is 29.6 Å². The molecule has 4 heterocycles. The first-order valence-corrected chi connectivity index (χ1v) is 13.3. The number of aromatic nitrogens is 5. The number of aryl methyl sites for hydroxylation is 1. The molecule has 8 nitrogen and oxygen atoms in total. The molecule has 37 heavy (non-hydrogen) atoms. The Bertz CT molecular complexity index is 1270. The van der Waals surface area contributed by atoms with Crippen LogP contribution in [-0.4, -0.2) is 41.6 Å². The molecule has 0 aliphatic heterocycles. The smallest absolute Gasteiger partial charge is 0.258 e. The lowest BCUT2D eigenvalue weighted by Crippen LogP contribution is -2.33. The Kier molecular flexibility index (Phi) is 7.73. The zero-order valence-corrected chi connectivity index (χ0v) is 21.7. The summed E-state index contributed by atoms with van der Waals surface area (Å²) in [5.41, 5.74) is 3.81. The average molecular weight is 498 g/mol. The van der Waals surface area contributed by atoms with Crippen molar-refractivity contribution >= 4 is 22.6 Å². The molecule has 0 bridgehead atoms. The highest BCUT2D eigenvalue weighted by Gasteiger charge is 2.27. The van der Waals surface area contributed by atoms with Crippen LogP contribution in [0.5, 0.6) is 0 Å². The van der Waals surface area contributed by atoms with Crippen LogP contribution in [0.15, 0.2) is 61.2 Å². The van der Waals surface area contributed by atoms with Gasteiger partial charge in [0, 0.05) is 31.2 Å². The maximum absolute atomic E-state index is 14.2. The van der Waals surface area contributed by atoms with Crippen molar-refractivity contribution in [1.29, 1.82) is 0 Å². The molecular weight excluding hydrogens is 462 g/mol. The lowest BCUT2D eigenvalue weighted by molar-refractivity contribution is 0.0726. The number of hydrogen-bond donors (Lipinski definition) is 1. The van der Waals surface area contributed by atoms with Gasteiger partial charge in [-0.3, -0.25) is 14.8 Å². The lowest BCUT2D eigenvalue weighted by Gasteiger charge is -2.30. The third-order valence-electron chi connectivity index (χ3n) is 7.37. The number of hydrogen-bond acceptors (Lipinski definition) is 6. The second kappa shape index (κ2) is 11.5. The first-order valence-electron chi connectivity index (χ1n) is 13.3. The van der Waals surface area contributed by atoms with E-state index in [2.05, 4.69) is 27.3 Å². The van der Waals surface area contributed by atoms with E-state index >= 15 is 0 Å². The second-order valence-corrected chi connectivity index (χ2v) is 9.88. The van der Waals surface area contributed by atoms with Gasteiger partial charge in [-0.1, -0.05) is 31.4 Å². The zero-order valence-electron chi connectivity index (χ0n) is 21.7. The monoisotopic (exact) mass is 497 g/mol. The molecule has 1 amide bonds. The van der Waals surface area contributed by atoms with Crippen LogP contribution in [0.3, 0.4) is 0 Å². The van der Waals surface area contributed by atoms with Crippen molar-refractivity contribution in [3.05, 3.63) is 78.1 Å². The van der Waals surface area contributed by atoms with Crippen LogP contribution in [0.4, 0.5) is 5.69 Å². The third-order valence-corrected chi connectivity index (χ3v) is 7.37. The molecule has 8 heteroatoms. The predicted octanol–water partition coefficient (Wildman–Crippen LogP) is 5.46. The average Bonchev–Trinajstić information content (AvgIpc) is 3.38. The minimum absolute atomic E-state index is 0.103. The van der Waals surface area contributed by atoms with Crippen molar-refractivity contribution in [2.45, 2.75) is 71.6 Å². The molecule has 0 radical (unpaired) electrons. The summed E-state index contributed by atoms with van der Waals surface area (Å²) in [6.45, 7) is 5.75. The van der Waals surface area contributed by atoms with E-state index in [9.17, 15) is 4.79 Å². The van der Waals surface area contributed by atoms with Gasteiger partial charge < -0.3 is 10.2 Å². The molecule has 5 rings (SSSR count). The summed E-state index contributed by atoms with van der Waals surface area (Å²) >= 11 is 0. The second-order valence-electron chi connectivity index (χ2n) is 9.88. The fraction of sp³-hybridized carbons (Fsp3) is 0.414. The maximum atomic E-state index is 14.2. The molecule has 0 aromatic carbocycles. The Morgan fingerprint density at radius 3 is 2.27 bits per heavy atom. The number of carbonyl (C=O) groups is 1. The Balaban J connectivity index is 1.53. The van der Waals surface area contributed by atoms with Crippen molar-refractivity contribution in [3.63, 3.8) is 0 Å². The van der Waals surface area contributed by atoms with Gasteiger partial charge in [-0.25, -0.2) is 9.67 Å². The van der Waals surface area contributed by atoms with Gasteiger partial charge in [0.25, 0.3) is 5.91 Å². The van der Waals surface area contributed by atoms with E-state index in [0.29, 0.717) is 31.1 Å². The van der Waals surface area contributed by atoms with Crippen LogP contribution in [0.2, 0.25) is 0 Å². The minimum Gasteiger partial charge on any atom is -0.381 e. The number of fused-ring (bicyclic) bond motifs is 1. The van der Waals surface area contributed by atoms with Crippen LogP contribution in [0.1, 0.15) is 67.7 Å². The molecule has 1 unspecified atom stereocenters. The Morgan fingerprint density at radius 1 is 1.00 bits per heavy atom. The van der Waals surface area contributed by atoms with Gasteiger partial charge in [0.15, 0.2) is 5.65 Å². The van der Waals surface area contributed by atoms with Gasteiger partial charge >= 0.3 is 0 Å². The molecule has 4 aromatic heterocycles. The van der Waals surface area contributed by atoms with Crippen LogP contribution < -0.4 is 5.32 Å². The number of nitrogens with zero attached hydrogens (tertiary/aromatic N) is 6. The van der Waals surface area contributed by atoms with E-state index in [1.807, 2.05) is 54.2 Å². The molecular formula is C29H35N7O. The maximum Gasteiger partial charge on any atom is 0.258 e. The van der Waals surface area contributed by atoms with Crippen LogP contribution in [0, 0.1) is 5.92 Å². The van der Waals surface area contributed by atoms with Crippen LogP contribution in [-0.2, 0) is 19.6 Å². The molecule has 1 fully saturated rings. The number of rotatable bonds is 9. The normalized spacial score (nSPS) is 15.0. The summed E-state index contributed by atoms with van der Waals surface area (Å²) in [5.74, 6) is 0.479. The predicted molar refractivity (Wildman–Crippen MR) is 145 cm³/mol. The number of nitrogens with one attached hydrogen (secondary N) is 1. The number of amides is 1. The highest BCUT2D eigenvalue weighted by molar-refractivity contribution is 6.06. The van der Waals surface area contributed by atoms with Crippen LogP contribution in [0.25, 0.3) is 11.0 Å². The fourth-order valence-corrected chi connectivity index (χ4v) is 5.30. The molecule has 1 saturated carbocycles. The van der Waals surface area contributed by atoms with E-state index in [-0.39, 0.29) is 11.9 Å². The summed E-state index contributed by atoms with van der Waals surface area (Å²) in [6, 6.07) is 11.8. The largest absolute Gasteiger partial charge is 0.381 e. The fourth-order valence-electron chi connectivity index (χ4n) is 5.30. The lowest BCUT2D eigenvalue weighted by atomic mass is 9.84. The van der Waals surface area contributed by atoms with Gasteiger partial charge in [0.2, 0.25) is 0 Å². The number of anilines is 1. The summed E-state index contributed by atoms with van der Waals surface area (Å²) in [4.78, 5) is 29.7. The van der Waals surface area contributed by atoms with E-state index in [0.717, 1.165) is 28.1 Å². The highest BCUT2D eigenvalue weighted by Crippen LogP contribution is 2.33.